The minimum atomic E-state index is -1.12. The van der Waals surface area contributed by atoms with Gasteiger partial charge in [0.15, 0.2) is 5.69 Å². The topological polar surface area (TPSA) is 93.6 Å². The molecule has 1 fully saturated rings. The van der Waals surface area contributed by atoms with Crippen molar-refractivity contribution in [2.75, 3.05) is 19.0 Å². The average molecular weight is 357 g/mol. The number of benzene rings is 1. The van der Waals surface area contributed by atoms with E-state index in [1.807, 2.05) is 0 Å². The molecule has 2 atom stereocenters. The number of carboxylic acids is 1. The molecule has 0 radical (unpaired) electrons. The Balaban J connectivity index is 1.63. The molecule has 1 saturated heterocycles. The van der Waals surface area contributed by atoms with Gasteiger partial charge in [0, 0.05) is 12.6 Å². The Bertz CT molecular complexity index is 764. The van der Waals surface area contributed by atoms with E-state index >= 15 is 0 Å². The lowest BCUT2D eigenvalue weighted by Crippen LogP contribution is -2.29. The number of nitrogens with one attached hydrogen (secondary N) is 1. The molecule has 2 aromatic rings. The molecule has 0 unspecified atom stereocenters. The van der Waals surface area contributed by atoms with E-state index in [2.05, 4.69) is 46.5 Å². The number of methoxy groups -OCH3 is 1. The van der Waals surface area contributed by atoms with Crippen LogP contribution in [0, 0.1) is 6.92 Å². The van der Waals surface area contributed by atoms with Crippen LogP contribution in [0.25, 0.3) is 0 Å². The number of carbonyl (C=O) groups is 1. The molecule has 1 aromatic carbocycles. The Morgan fingerprint density at radius 3 is 2.77 bits per heavy atom. The van der Waals surface area contributed by atoms with E-state index in [9.17, 15) is 4.79 Å². The van der Waals surface area contributed by atoms with Crippen LogP contribution >= 0.6 is 0 Å². The number of carboxylic acid groups (broad SMARTS) is 1. The summed E-state index contributed by atoms with van der Waals surface area (Å²) in [6.45, 7) is 2.61. The molecule has 0 aliphatic carbocycles. The van der Waals surface area contributed by atoms with Gasteiger partial charge in [-0.25, -0.2) is 4.79 Å². The minimum absolute atomic E-state index is 0.0227. The molecule has 1 aliphatic rings. The van der Waals surface area contributed by atoms with Crippen LogP contribution in [-0.4, -0.2) is 40.8 Å². The molecule has 7 nitrogen and oxygen atoms in total. The van der Waals surface area contributed by atoms with Crippen molar-refractivity contribution in [2.45, 2.75) is 38.4 Å². The summed E-state index contributed by atoms with van der Waals surface area (Å²) in [4.78, 5) is 19.1. The maximum Gasteiger partial charge on any atom is 0.354 e. The zero-order chi connectivity index (χ0) is 18.5. The molecule has 0 amide bonds. The second kappa shape index (κ2) is 8.14. The van der Waals surface area contributed by atoms with E-state index in [0.717, 1.165) is 19.3 Å². The van der Waals surface area contributed by atoms with Crippen molar-refractivity contribution in [3.05, 3.63) is 47.2 Å². The monoisotopic (exact) mass is 357 g/mol. The number of nitrogens with zero attached hydrogens (tertiary/aromatic N) is 2. The Morgan fingerprint density at radius 1 is 1.31 bits per heavy atom. The van der Waals surface area contributed by atoms with Crippen molar-refractivity contribution < 1.29 is 19.4 Å². The van der Waals surface area contributed by atoms with Gasteiger partial charge >= 0.3 is 12.0 Å². The number of hydrogen-bond acceptors (Lipinski definition) is 6. The summed E-state index contributed by atoms with van der Waals surface area (Å²) < 4.78 is 11.2. The van der Waals surface area contributed by atoms with Crippen LogP contribution in [0.5, 0.6) is 6.01 Å². The van der Waals surface area contributed by atoms with Crippen LogP contribution in [0.4, 0.5) is 5.82 Å². The number of aromatic carboxylic acids is 1. The molecule has 26 heavy (non-hydrogen) atoms. The molecule has 0 saturated carbocycles. The molecule has 2 heterocycles. The van der Waals surface area contributed by atoms with Gasteiger partial charge in [0.25, 0.3) is 0 Å². The quantitative estimate of drug-likeness (QED) is 0.820. The van der Waals surface area contributed by atoms with Crippen molar-refractivity contribution in [1.82, 2.24) is 9.97 Å². The maximum atomic E-state index is 11.2. The summed E-state index contributed by atoms with van der Waals surface area (Å²) in [5.41, 5.74) is 2.31. The van der Waals surface area contributed by atoms with E-state index in [1.54, 1.807) is 0 Å². The zero-order valence-corrected chi connectivity index (χ0v) is 14.9. The van der Waals surface area contributed by atoms with Crippen LogP contribution in [0.1, 0.15) is 47.0 Å². The van der Waals surface area contributed by atoms with Gasteiger partial charge in [0.1, 0.15) is 5.82 Å². The predicted octanol–water partition coefficient (Wildman–Crippen LogP) is 3.21. The Kier molecular flexibility index (Phi) is 5.68. The molecule has 1 aromatic heterocycles. The number of rotatable bonds is 6. The summed E-state index contributed by atoms with van der Waals surface area (Å²) in [5.74, 6) is -0.711. The van der Waals surface area contributed by atoms with E-state index in [-0.39, 0.29) is 23.9 Å². The van der Waals surface area contributed by atoms with Gasteiger partial charge in [-0.05, 0) is 31.7 Å². The van der Waals surface area contributed by atoms with Crippen LogP contribution in [-0.2, 0) is 4.74 Å². The summed E-state index contributed by atoms with van der Waals surface area (Å²) in [6, 6.07) is 9.84. The smallest absolute Gasteiger partial charge is 0.354 e. The average Bonchev–Trinajstić information content (AvgIpc) is 2.67. The highest BCUT2D eigenvalue weighted by Gasteiger charge is 2.24. The number of aromatic nitrogens is 2. The molecule has 0 bridgehead atoms. The third kappa shape index (κ3) is 4.49. The molecule has 0 spiro atoms. The molecule has 3 rings (SSSR count). The number of ether oxygens (including phenoxy) is 2. The van der Waals surface area contributed by atoms with Crippen LogP contribution in [0.3, 0.4) is 0 Å². The van der Waals surface area contributed by atoms with E-state index in [0.29, 0.717) is 12.4 Å². The first-order valence-electron chi connectivity index (χ1n) is 8.67. The van der Waals surface area contributed by atoms with Gasteiger partial charge in [0.05, 0.1) is 19.3 Å². The lowest BCUT2D eigenvalue weighted by atomic mass is 9.97. The molecule has 2 N–H and O–H groups in total. The standard InChI is InChI=1S/C19H23N3O4/c1-12-6-8-13(9-7-12)16-5-3-4-14(26-16)11-20-17-10-15(18(23)24)21-19(22-17)25-2/h6-10,14,16H,3-5,11H2,1-2H3,(H,23,24)(H,20,21,22)/t14-,16+/m1/s1. The van der Waals surface area contributed by atoms with Crippen molar-refractivity contribution >= 4 is 11.8 Å². The summed E-state index contributed by atoms with van der Waals surface area (Å²) in [7, 11) is 1.40. The van der Waals surface area contributed by atoms with E-state index in [1.165, 1.54) is 24.3 Å². The summed E-state index contributed by atoms with van der Waals surface area (Å²) >= 11 is 0. The highest BCUT2D eigenvalue weighted by molar-refractivity contribution is 5.86. The third-order valence-electron chi connectivity index (χ3n) is 4.42. The SMILES string of the molecule is COc1nc(NC[C@H]2CCC[C@@H](c3ccc(C)cc3)O2)cc(C(=O)O)n1. The minimum Gasteiger partial charge on any atom is -0.477 e. The first kappa shape index (κ1) is 18.1. The fourth-order valence-electron chi connectivity index (χ4n) is 3.01. The van der Waals surface area contributed by atoms with Gasteiger partial charge in [-0.15, -0.1) is 0 Å². The fourth-order valence-corrected chi connectivity index (χ4v) is 3.01. The summed E-state index contributed by atoms with van der Waals surface area (Å²) in [6.07, 6.45) is 3.15. The molecule has 1 aliphatic heterocycles. The van der Waals surface area contributed by atoms with Gasteiger partial charge in [-0.3, -0.25) is 0 Å². The Hall–Kier alpha value is -2.67. The van der Waals surface area contributed by atoms with Crippen LogP contribution < -0.4 is 10.1 Å². The largest absolute Gasteiger partial charge is 0.477 e. The second-order valence-electron chi connectivity index (χ2n) is 6.40. The van der Waals surface area contributed by atoms with Crippen LogP contribution in [0.15, 0.2) is 30.3 Å². The van der Waals surface area contributed by atoms with E-state index in [4.69, 9.17) is 14.6 Å². The lowest BCUT2D eigenvalue weighted by Gasteiger charge is -2.30. The van der Waals surface area contributed by atoms with Crippen molar-refractivity contribution in [3.63, 3.8) is 0 Å². The van der Waals surface area contributed by atoms with Gasteiger partial charge in [-0.1, -0.05) is 29.8 Å². The fraction of sp³-hybridized carbons (Fsp3) is 0.421. The van der Waals surface area contributed by atoms with Gasteiger partial charge in [0.2, 0.25) is 0 Å². The van der Waals surface area contributed by atoms with E-state index < -0.39 is 5.97 Å². The normalized spacial score (nSPS) is 19.8. The predicted molar refractivity (Wildman–Crippen MR) is 96.7 cm³/mol. The number of hydrogen-bond donors (Lipinski definition) is 2. The number of aryl methyl sites for hydroxylation is 1. The van der Waals surface area contributed by atoms with Gasteiger partial charge in [-0.2, -0.15) is 9.97 Å². The zero-order valence-electron chi connectivity index (χ0n) is 14.9. The Labute approximate surface area is 152 Å². The highest BCUT2D eigenvalue weighted by Crippen LogP contribution is 2.31. The third-order valence-corrected chi connectivity index (χ3v) is 4.42. The summed E-state index contributed by atoms with van der Waals surface area (Å²) in [5, 5.41) is 12.3. The second-order valence-corrected chi connectivity index (χ2v) is 6.40. The maximum absolute atomic E-state index is 11.2. The first-order chi connectivity index (χ1) is 12.5. The molecular formula is C19H23N3O4. The number of anilines is 1. The Morgan fingerprint density at radius 2 is 2.08 bits per heavy atom. The highest BCUT2D eigenvalue weighted by atomic mass is 16.5. The van der Waals surface area contributed by atoms with Gasteiger partial charge < -0.3 is 19.9 Å². The first-order valence-corrected chi connectivity index (χ1v) is 8.67. The van der Waals surface area contributed by atoms with Crippen molar-refractivity contribution in [2.24, 2.45) is 0 Å². The lowest BCUT2D eigenvalue weighted by molar-refractivity contribution is -0.0442. The molecular weight excluding hydrogens is 334 g/mol. The molecule has 138 valence electrons. The molecule has 7 heteroatoms. The van der Waals surface area contributed by atoms with Crippen molar-refractivity contribution in [1.29, 1.82) is 0 Å². The van der Waals surface area contributed by atoms with Crippen LogP contribution in [0.2, 0.25) is 0 Å². The van der Waals surface area contributed by atoms with Crippen molar-refractivity contribution in [3.8, 4) is 6.01 Å².